The molecule has 0 aromatic heterocycles. The van der Waals surface area contributed by atoms with Crippen LogP contribution in [0.3, 0.4) is 0 Å². The van der Waals surface area contributed by atoms with Crippen LogP contribution in [0.4, 0.5) is 0 Å². The summed E-state index contributed by atoms with van der Waals surface area (Å²) < 4.78 is 0. The van der Waals surface area contributed by atoms with Crippen molar-refractivity contribution in [2.75, 3.05) is 14.1 Å². The van der Waals surface area contributed by atoms with E-state index in [1.54, 1.807) is 64.8 Å². The summed E-state index contributed by atoms with van der Waals surface area (Å²) in [5.41, 5.74) is 4.28. The van der Waals surface area contributed by atoms with Crippen LogP contribution in [0.2, 0.25) is 0 Å². The normalized spacial score (nSPS) is 54.6. The topological polar surface area (TPSA) is 48.5 Å². The zero-order valence-electron chi connectivity index (χ0n) is 23.9. The van der Waals surface area contributed by atoms with Crippen molar-refractivity contribution in [3.63, 3.8) is 0 Å². The summed E-state index contributed by atoms with van der Waals surface area (Å²) in [5, 5.41) is 8.67. The van der Waals surface area contributed by atoms with E-state index in [9.17, 15) is 0 Å². The molecule has 0 heterocycles. The van der Waals surface area contributed by atoms with Gasteiger partial charge in [-0.15, -0.1) is 0 Å². The van der Waals surface area contributed by atoms with Gasteiger partial charge in [-0.2, -0.15) is 5.26 Å². The van der Waals surface area contributed by atoms with Gasteiger partial charge in [0.2, 0.25) is 0 Å². The summed E-state index contributed by atoms with van der Waals surface area (Å²) in [6.45, 7) is 7.19. The van der Waals surface area contributed by atoms with E-state index in [-0.39, 0.29) is 5.41 Å². The number of hydrogen-bond donors (Lipinski definition) is 0. The van der Waals surface area contributed by atoms with Crippen LogP contribution in [0.15, 0.2) is 9.98 Å². The highest BCUT2D eigenvalue weighted by Crippen LogP contribution is 2.66. The second-order valence-electron chi connectivity index (χ2n) is 16.5. The first-order valence-electron chi connectivity index (χ1n) is 15.3. The fourth-order valence-electron chi connectivity index (χ4n) is 9.89. The lowest BCUT2D eigenvalue weighted by molar-refractivity contribution is -0.0883. The molecule has 15 aliphatic rings. The zero-order valence-corrected chi connectivity index (χ0v) is 23.9. The molecule has 0 spiro atoms. The summed E-state index contributed by atoms with van der Waals surface area (Å²) in [6.07, 6.45) is 24.1. The third kappa shape index (κ3) is 4.31. The molecule has 0 aliphatic heterocycles. The van der Waals surface area contributed by atoms with Crippen LogP contribution in [-0.2, 0) is 0 Å². The van der Waals surface area contributed by atoms with Crippen molar-refractivity contribution in [2.45, 2.75) is 117 Å². The largest absolute Gasteiger partial charge is 0.300 e. The van der Waals surface area contributed by atoms with Crippen molar-refractivity contribution < 1.29 is 0 Å². The molecule has 0 atom stereocenters. The predicted molar refractivity (Wildman–Crippen MR) is 149 cm³/mol. The number of aliphatic imine (C=N–C) groups is 2. The van der Waals surface area contributed by atoms with Crippen LogP contribution in [0.25, 0.3) is 0 Å². The number of rotatable bonds is 2. The maximum atomic E-state index is 8.67. The van der Waals surface area contributed by atoms with Gasteiger partial charge < -0.3 is 4.99 Å². The van der Waals surface area contributed by atoms with Crippen LogP contribution in [-0.4, -0.2) is 26.0 Å². The van der Waals surface area contributed by atoms with Gasteiger partial charge in [-0.25, -0.2) is 0 Å². The molecule has 3 nitrogen and oxygen atoms in total. The fourth-order valence-corrected chi connectivity index (χ4v) is 9.89. The Balaban J connectivity index is 0.0000000846. The van der Waals surface area contributed by atoms with Gasteiger partial charge in [-0.05, 0) is 142 Å². The van der Waals surface area contributed by atoms with Gasteiger partial charge in [0, 0.05) is 31.1 Å². The molecule has 0 radical (unpaired) electrons. The molecule has 0 N–H and O–H groups in total. The van der Waals surface area contributed by atoms with E-state index in [0.717, 1.165) is 33.8 Å². The second kappa shape index (κ2) is 8.41. The molecule has 198 valence electrons. The van der Waals surface area contributed by atoms with Gasteiger partial charge in [-0.1, -0.05) is 20.8 Å². The van der Waals surface area contributed by atoms with Crippen LogP contribution in [0, 0.1) is 68.0 Å². The Labute approximate surface area is 221 Å². The molecule has 15 saturated carbocycles. The molecule has 15 rings (SSSR count). The highest BCUT2D eigenvalue weighted by atomic mass is 14.8. The maximum absolute atomic E-state index is 8.67. The Morgan fingerprint density at radius 1 is 0.611 bits per heavy atom. The third-order valence-electron chi connectivity index (χ3n) is 12.4. The second-order valence-corrected chi connectivity index (χ2v) is 16.5. The van der Waals surface area contributed by atoms with Gasteiger partial charge in [0.05, 0.1) is 0 Å². The Hall–Kier alpha value is -1.17. The molecule has 0 aromatic rings. The molecule has 15 aliphatic carbocycles. The molecule has 3 heteroatoms. The van der Waals surface area contributed by atoms with E-state index in [1.165, 1.54) is 56.3 Å². The summed E-state index contributed by atoms with van der Waals surface area (Å²) >= 11 is 0. The zero-order chi connectivity index (χ0) is 25.4. The minimum atomic E-state index is 0.272. The fraction of sp³-hybridized carbons (Fsp3) is 0.909. The Kier molecular flexibility index (Phi) is 5.87. The average Bonchev–Trinajstić information content (AvgIpc) is 2.59. The number of hydrogen-bond acceptors (Lipinski definition) is 3. The molecule has 15 fully saturated rings. The van der Waals surface area contributed by atoms with Crippen LogP contribution in [0.5, 0.6) is 0 Å². The van der Waals surface area contributed by atoms with Crippen molar-refractivity contribution in [2.24, 2.45) is 66.6 Å². The standard InChI is InChI=1S/C8H10N2.C7H11N.3C6H10/c1-10-7(5-9)8-2-6(3-8)4-8;1-8-5-7-2-6(3-7)4-7;3*1-6-2-5(3-6)4-6/h6H,2-4H2,1H3;5-6H,2-4H2,1H3;3*5H,2-4H2,1H3. The van der Waals surface area contributed by atoms with Gasteiger partial charge in [-0.3, -0.25) is 4.99 Å². The first-order valence-corrected chi connectivity index (χ1v) is 15.3. The third-order valence-corrected chi connectivity index (χ3v) is 12.4. The Morgan fingerprint density at radius 3 is 0.972 bits per heavy atom. The Bertz CT molecular complexity index is 839. The van der Waals surface area contributed by atoms with E-state index < -0.39 is 0 Å². The summed E-state index contributed by atoms with van der Waals surface area (Å²) in [4.78, 5) is 8.04. The van der Waals surface area contributed by atoms with Crippen molar-refractivity contribution in [1.82, 2.24) is 0 Å². The molecule has 0 unspecified atom stereocenters. The molecule has 36 heavy (non-hydrogen) atoms. The van der Waals surface area contributed by atoms with Crippen LogP contribution in [0.1, 0.15) is 117 Å². The first-order chi connectivity index (χ1) is 17.0. The van der Waals surface area contributed by atoms with Crippen LogP contribution < -0.4 is 0 Å². The van der Waals surface area contributed by atoms with E-state index in [2.05, 4.69) is 43.0 Å². The Morgan fingerprint density at radius 2 is 0.917 bits per heavy atom. The van der Waals surface area contributed by atoms with Gasteiger partial charge in [0.1, 0.15) is 11.8 Å². The SMILES string of the molecule is CC12CC(C1)C2.CC12CC(C1)C2.CC12CC(C1)C2.CN=C(C#N)C12CC(C1)C2.CN=CC12CC(C1)C2. The van der Waals surface area contributed by atoms with Gasteiger partial charge in [0.15, 0.2) is 0 Å². The van der Waals surface area contributed by atoms with Crippen molar-refractivity contribution in [1.29, 1.82) is 5.26 Å². The summed E-state index contributed by atoms with van der Waals surface area (Å²) in [7, 11) is 3.60. The molecular formula is C33H51N3. The van der Waals surface area contributed by atoms with Crippen LogP contribution >= 0.6 is 0 Å². The smallest absolute Gasteiger partial charge is 0.118 e. The summed E-state index contributed by atoms with van der Waals surface area (Å²) in [6, 6.07) is 2.18. The molecular weight excluding hydrogens is 438 g/mol. The van der Waals surface area contributed by atoms with Crippen molar-refractivity contribution in [3.05, 3.63) is 0 Å². The monoisotopic (exact) mass is 489 g/mol. The average molecular weight is 490 g/mol. The lowest BCUT2D eigenvalue weighted by Crippen LogP contribution is -2.56. The quantitative estimate of drug-likeness (QED) is 0.360. The highest BCUT2D eigenvalue weighted by molar-refractivity contribution is 6.04. The van der Waals surface area contributed by atoms with E-state index in [0.29, 0.717) is 5.41 Å². The van der Waals surface area contributed by atoms with E-state index in [4.69, 9.17) is 5.26 Å². The lowest BCUT2D eigenvalue weighted by atomic mass is 9.43. The minimum absolute atomic E-state index is 0.272. The van der Waals surface area contributed by atoms with Gasteiger partial charge in [0.25, 0.3) is 0 Å². The molecule has 0 aromatic carbocycles. The van der Waals surface area contributed by atoms with E-state index in [1.807, 2.05) is 7.05 Å². The summed E-state index contributed by atoms with van der Waals surface area (Å²) in [5.74, 6) is 5.55. The van der Waals surface area contributed by atoms with Crippen molar-refractivity contribution in [3.8, 4) is 6.07 Å². The number of nitrogens with zero attached hydrogens (tertiary/aromatic N) is 3. The van der Waals surface area contributed by atoms with E-state index >= 15 is 0 Å². The highest BCUT2D eigenvalue weighted by Gasteiger charge is 2.59. The van der Waals surface area contributed by atoms with Gasteiger partial charge >= 0.3 is 0 Å². The lowest BCUT2D eigenvalue weighted by Gasteiger charge is -2.60. The number of nitriles is 1. The maximum Gasteiger partial charge on any atom is 0.118 e. The molecule has 10 bridgehead atoms. The van der Waals surface area contributed by atoms with Crippen molar-refractivity contribution >= 4 is 11.9 Å². The first kappa shape index (κ1) is 25.1. The minimum Gasteiger partial charge on any atom is -0.300 e. The molecule has 0 amide bonds. The predicted octanol–water partition coefficient (Wildman–Crippen LogP) is 8.29. The molecule has 0 saturated heterocycles.